The zero-order valence-corrected chi connectivity index (χ0v) is 13.6. The molecular weight excluding hydrogens is 322 g/mol. The Labute approximate surface area is 145 Å². The van der Waals surface area contributed by atoms with E-state index in [1.54, 1.807) is 21.9 Å². The SMILES string of the molecule is O=C(O)CC1CN(C(=O)C=Cc2cnn(-c3ccccc3)c2)CCO1. The van der Waals surface area contributed by atoms with E-state index < -0.39 is 12.1 Å². The zero-order chi connectivity index (χ0) is 17.6. The minimum atomic E-state index is -0.928. The van der Waals surface area contributed by atoms with Gasteiger partial charge in [0, 0.05) is 30.9 Å². The van der Waals surface area contributed by atoms with E-state index in [1.165, 1.54) is 6.08 Å². The van der Waals surface area contributed by atoms with Crippen LogP contribution in [0.5, 0.6) is 0 Å². The molecule has 0 radical (unpaired) electrons. The smallest absolute Gasteiger partial charge is 0.306 e. The molecule has 2 heterocycles. The Hall–Kier alpha value is -2.93. The van der Waals surface area contributed by atoms with Gasteiger partial charge in [-0.3, -0.25) is 9.59 Å². The predicted octanol–water partition coefficient (Wildman–Crippen LogP) is 1.59. The summed E-state index contributed by atoms with van der Waals surface area (Å²) in [4.78, 5) is 24.7. The molecule has 1 aromatic carbocycles. The van der Waals surface area contributed by atoms with Gasteiger partial charge in [-0.1, -0.05) is 18.2 Å². The second-order valence-corrected chi connectivity index (χ2v) is 5.76. The highest BCUT2D eigenvalue weighted by molar-refractivity contribution is 5.91. The number of nitrogens with zero attached hydrogens (tertiary/aromatic N) is 3. The Bertz CT molecular complexity index is 770. The molecule has 7 heteroatoms. The Morgan fingerprint density at radius 1 is 1.32 bits per heavy atom. The monoisotopic (exact) mass is 341 g/mol. The molecule has 1 aromatic heterocycles. The van der Waals surface area contributed by atoms with Crippen LogP contribution < -0.4 is 0 Å². The van der Waals surface area contributed by atoms with Crippen molar-refractivity contribution in [2.24, 2.45) is 0 Å². The molecule has 1 unspecified atom stereocenters. The third kappa shape index (κ3) is 4.54. The summed E-state index contributed by atoms with van der Waals surface area (Å²) in [5.74, 6) is -1.09. The van der Waals surface area contributed by atoms with E-state index in [-0.39, 0.29) is 12.3 Å². The molecule has 2 aromatic rings. The Morgan fingerprint density at radius 2 is 2.12 bits per heavy atom. The maximum absolute atomic E-state index is 12.3. The summed E-state index contributed by atoms with van der Waals surface area (Å²) in [5, 5.41) is 13.1. The van der Waals surface area contributed by atoms with Gasteiger partial charge in [0.2, 0.25) is 5.91 Å². The summed E-state index contributed by atoms with van der Waals surface area (Å²) >= 11 is 0. The number of carboxylic acids is 1. The molecule has 1 saturated heterocycles. The lowest BCUT2D eigenvalue weighted by atomic mass is 10.2. The fraction of sp³-hybridized carbons (Fsp3) is 0.278. The van der Waals surface area contributed by atoms with E-state index in [0.717, 1.165) is 11.3 Å². The first-order valence-corrected chi connectivity index (χ1v) is 8.02. The van der Waals surface area contributed by atoms with Crippen LogP contribution in [0.1, 0.15) is 12.0 Å². The second-order valence-electron chi connectivity index (χ2n) is 5.76. The quantitative estimate of drug-likeness (QED) is 0.835. The molecule has 0 bridgehead atoms. The Morgan fingerprint density at radius 3 is 2.88 bits per heavy atom. The van der Waals surface area contributed by atoms with Gasteiger partial charge >= 0.3 is 5.97 Å². The first kappa shape index (κ1) is 16.9. The number of hydrogen-bond donors (Lipinski definition) is 1. The number of carbonyl (C=O) groups is 2. The summed E-state index contributed by atoms with van der Waals surface area (Å²) in [5.41, 5.74) is 1.76. The van der Waals surface area contributed by atoms with Crippen molar-refractivity contribution in [3.8, 4) is 5.69 Å². The number of ether oxygens (including phenoxy) is 1. The summed E-state index contributed by atoms with van der Waals surface area (Å²) in [6.07, 6.45) is 6.16. The molecule has 3 rings (SSSR count). The van der Waals surface area contributed by atoms with Gasteiger partial charge in [-0.2, -0.15) is 5.10 Å². The third-order valence-electron chi connectivity index (χ3n) is 3.89. The van der Waals surface area contributed by atoms with Gasteiger partial charge in [0.25, 0.3) is 0 Å². The molecule has 7 nitrogen and oxygen atoms in total. The largest absolute Gasteiger partial charge is 0.481 e. The normalized spacial score (nSPS) is 17.8. The number of carbonyl (C=O) groups excluding carboxylic acids is 1. The van der Waals surface area contributed by atoms with Gasteiger partial charge in [0.1, 0.15) is 0 Å². The lowest BCUT2D eigenvalue weighted by molar-refractivity contribution is -0.145. The lowest BCUT2D eigenvalue weighted by Crippen LogP contribution is -2.45. The molecule has 1 atom stereocenters. The number of carboxylic acid groups (broad SMARTS) is 1. The number of morpholine rings is 1. The molecule has 0 spiro atoms. The first-order valence-electron chi connectivity index (χ1n) is 8.02. The molecular formula is C18H19N3O4. The van der Waals surface area contributed by atoms with Crippen LogP contribution in [-0.4, -0.2) is 57.5 Å². The van der Waals surface area contributed by atoms with Gasteiger partial charge < -0.3 is 14.7 Å². The van der Waals surface area contributed by atoms with E-state index in [4.69, 9.17) is 9.84 Å². The number of benzene rings is 1. The molecule has 130 valence electrons. The van der Waals surface area contributed by atoms with Gasteiger partial charge in [-0.25, -0.2) is 4.68 Å². The number of aromatic nitrogens is 2. The average Bonchev–Trinajstić information content (AvgIpc) is 3.09. The Balaban J connectivity index is 1.61. The molecule has 1 N–H and O–H groups in total. The number of para-hydroxylation sites is 1. The van der Waals surface area contributed by atoms with Crippen molar-refractivity contribution in [1.29, 1.82) is 0 Å². The van der Waals surface area contributed by atoms with Crippen molar-refractivity contribution in [2.45, 2.75) is 12.5 Å². The topological polar surface area (TPSA) is 84.7 Å². The van der Waals surface area contributed by atoms with Crippen LogP contribution in [0, 0.1) is 0 Å². The molecule has 1 aliphatic rings. The number of amides is 1. The highest BCUT2D eigenvalue weighted by Gasteiger charge is 2.24. The minimum absolute atomic E-state index is 0.0999. The van der Waals surface area contributed by atoms with Crippen molar-refractivity contribution >= 4 is 18.0 Å². The van der Waals surface area contributed by atoms with Gasteiger partial charge in [0.05, 0.1) is 31.0 Å². The lowest BCUT2D eigenvalue weighted by Gasteiger charge is -2.31. The van der Waals surface area contributed by atoms with Crippen LogP contribution in [0.4, 0.5) is 0 Å². The van der Waals surface area contributed by atoms with Gasteiger partial charge in [-0.15, -0.1) is 0 Å². The summed E-state index contributed by atoms with van der Waals surface area (Å²) in [6, 6.07) is 9.69. The van der Waals surface area contributed by atoms with Crippen LogP contribution in [0.2, 0.25) is 0 Å². The fourth-order valence-corrected chi connectivity index (χ4v) is 2.66. The fourth-order valence-electron chi connectivity index (χ4n) is 2.66. The van der Waals surface area contributed by atoms with Gasteiger partial charge in [0.15, 0.2) is 0 Å². The average molecular weight is 341 g/mol. The van der Waals surface area contributed by atoms with Crippen molar-refractivity contribution in [3.05, 3.63) is 54.4 Å². The highest BCUT2D eigenvalue weighted by Crippen LogP contribution is 2.11. The zero-order valence-electron chi connectivity index (χ0n) is 13.6. The van der Waals surface area contributed by atoms with Crippen LogP contribution in [-0.2, 0) is 14.3 Å². The minimum Gasteiger partial charge on any atom is -0.481 e. The summed E-state index contributed by atoms with van der Waals surface area (Å²) in [7, 11) is 0. The van der Waals surface area contributed by atoms with Crippen LogP contribution >= 0.6 is 0 Å². The van der Waals surface area contributed by atoms with E-state index in [9.17, 15) is 9.59 Å². The van der Waals surface area contributed by atoms with Crippen LogP contribution in [0.25, 0.3) is 11.8 Å². The Kier molecular flexibility index (Phi) is 5.25. The summed E-state index contributed by atoms with van der Waals surface area (Å²) < 4.78 is 7.11. The molecule has 0 aliphatic carbocycles. The summed E-state index contributed by atoms with van der Waals surface area (Å²) in [6.45, 7) is 1.10. The molecule has 1 aliphatic heterocycles. The van der Waals surface area contributed by atoms with Crippen molar-refractivity contribution < 1.29 is 19.4 Å². The number of rotatable bonds is 5. The van der Waals surface area contributed by atoms with E-state index in [1.807, 2.05) is 36.5 Å². The molecule has 0 saturated carbocycles. The molecule has 1 fully saturated rings. The first-order chi connectivity index (χ1) is 12.1. The van der Waals surface area contributed by atoms with Crippen molar-refractivity contribution in [3.63, 3.8) is 0 Å². The molecule has 25 heavy (non-hydrogen) atoms. The predicted molar refractivity (Wildman–Crippen MR) is 91.2 cm³/mol. The van der Waals surface area contributed by atoms with E-state index in [2.05, 4.69) is 5.10 Å². The standard InChI is InChI=1S/C18H19N3O4/c22-17(20-8-9-25-16(13-20)10-18(23)24)7-6-14-11-19-21(12-14)15-4-2-1-3-5-15/h1-7,11-12,16H,8-10,13H2,(H,23,24). The van der Waals surface area contributed by atoms with Crippen molar-refractivity contribution in [1.82, 2.24) is 14.7 Å². The number of hydrogen-bond acceptors (Lipinski definition) is 4. The van der Waals surface area contributed by atoms with Gasteiger partial charge in [-0.05, 0) is 18.2 Å². The van der Waals surface area contributed by atoms with Crippen molar-refractivity contribution in [2.75, 3.05) is 19.7 Å². The second kappa shape index (κ2) is 7.76. The molecule has 1 amide bonds. The van der Waals surface area contributed by atoms with Crippen LogP contribution in [0.15, 0.2) is 48.8 Å². The number of aliphatic carboxylic acids is 1. The van der Waals surface area contributed by atoms with Crippen LogP contribution in [0.3, 0.4) is 0 Å². The maximum atomic E-state index is 12.3. The highest BCUT2D eigenvalue weighted by atomic mass is 16.5. The third-order valence-corrected chi connectivity index (χ3v) is 3.89. The maximum Gasteiger partial charge on any atom is 0.306 e. The van der Waals surface area contributed by atoms with E-state index >= 15 is 0 Å². The van der Waals surface area contributed by atoms with E-state index in [0.29, 0.717) is 19.7 Å².